The molecule has 0 spiro atoms. The number of nitrogens with zero attached hydrogens (tertiary/aromatic N) is 3. The van der Waals surface area contributed by atoms with Crippen molar-refractivity contribution in [3.63, 3.8) is 0 Å². The fraction of sp³-hybridized carbons (Fsp3) is 0.929. The van der Waals surface area contributed by atoms with Crippen LogP contribution in [0.15, 0.2) is 0 Å². The monoisotopic (exact) mass is 332 g/mol. The van der Waals surface area contributed by atoms with Gasteiger partial charge >= 0.3 is 0 Å². The molecule has 1 aliphatic carbocycles. The second-order valence-corrected chi connectivity index (χ2v) is 8.51. The highest BCUT2D eigenvalue weighted by molar-refractivity contribution is 7.86. The second-order valence-electron chi connectivity index (χ2n) is 6.37. The van der Waals surface area contributed by atoms with E-state index in [1.807, 2.05) is 4.90 Å². The molecule has 7 nitrogen and oxygen atoms in total. The van der Waals surface area contributed by atoms with Gasteiger partial charge in [0.05, 0.1) is 6.54 Å². The van der Waals surface area contributed by atoms with Crippen LogP contribution >= 0.6 is 0 Å². The lowest BCUT2D eigenvalue weighted by Gasteiger charge is -2.35. The Balaban J connectivity index is 1.74. The summed E-state index contributed by atoms with van der Waals surface area (Å²) in [6.45, 7) is 2.46. The van der Waals surface area contributed by atoms with E-state index in [0.29, 0.717) is 38.8 Å². The molecule has 1 heterocycles. The summed E-state index contributed by atoms with van der Waals surface area (Å²) >= 11 is 0. The van der Waals surface area contributed by atoms with Gasteiger partial charge in [0.15, 0.2) is 0 Å². The first-order valence-corrected chi connectivity index (χ1v) is 9.48. The van der Waals surface area contributed by atoms with Gasteiger partial charge in [-0.05, 0) is 12.8 Å². The Morgan fingerprint density at radius 3 is 2.23 bits per heavy atom. The number of hydrogen-bond donors (Lipinski definition) is 1. The zero-order valence-electron chi connectivity index (χ0n) is 13.6. The van der Waals surface area contributed by atoms with E-state index in [-0.39, 0.29) is 5.91 Å². The minimum atomic E-state index is -3.34. The molecule has 2 aliphatic rings. The number of carbonyl (C=O) groups excluding carboxylic acids is 1. The minimum absolute atomic E-state index is 0.0656. The molecule has 1 N–H and O–H groups in total. The summed E-state index contributed by atoms with van der Waals surface area (Å²) in [6, 6.07) is 0.330. The SMILES string of the molecule is CN(C)S(=O)(=O)N1CCN(CC(=O)NC2CCCCC2)CC1. The van der Waals surface area contributed by atoms with Gasteiger partial charge in [-0.1, -0.05) is 19.3 Å². The third-order valence-corrected chi connectivity index (χ3v) is 6.40. The summed E-state index contributed by atoms with van der Waals surface area (Å²) in [4.78, 5) is 14.1. The van der Waals surface area contributed by atoms with Gasteiger partial charge in [0.2, 0.25) is 5.91 Å². The summed E-state index contributed by atoms with van der Waals surface area (Å²) in [7, 11) is -0.253. The van der Waals surface area contributed by atoms with Crippen LogP contribution in [-0.4, -0.2) is 80.7 Å². The molecular weight excluding hydrogens is 304 g/mol. The zero-order valence-corrected chi connectivity index (χ0v) is 14.4. The first-order chi connectivity index (χ1) is 10.4. The second kappa shape index (κ2) is 7.72. The first kappa shape index (κ1) is 17.7. The molecule has 0 bridgehead atoms. The number of carbonyl (C=O) groups is 1. The fourth-order valence-electron chi connectivity index (χ4n) is 3.07. The Morgan fingerprint density at radius 2 is 1.68 bits per heavy atom. The molecule has 0 atom stereocenters. The van der Waals surface area contributed by atoms with E-state index in [2.05, 4.69) is 5.32 Å². The van der Waals surface area contributed by atoms with Crippen LogP contribution in [-0.2, 0) is 15.0 Å². The van der Waals surface area contributed by atoms with Gasteiger partial charge in [0.1, 0.15) is 0 Å². The maximum Gasteiger partial charge on any atom is 0.281 e. The topological polar surface area (TPSA) is 73.0 Å². The van der Waals surface area contributed by atoms with Gasteiger partial charge in [-0.15, -0.1) is 0 Å². The van der Waals surface area contributed by atoms with Crippen molar-refractivity contribution in [3.05, 3.63) is 0 Å². The molecule has 128 valence electrons. The fourth-order valence-corrected chi connectivity index (χ4v) is 4.16. The van der Waals surface area contributed by atoms with Crippen LogP contribution in [0.3, 0.4) is 0 Å². The van der Waals surface area contributed by atoms with Crippen LogP contribution in [0.25, 0.3) is 0 Å². The van der Waals surface area contributed by atoms with E-state index in [9.17, 15) is 13.2 Å². The van der Waals surface area contributed by atoms with E-state index in [1.54, 1.807) is 14.1 Å². The Bertz CT molecular complexity index is 466. The van der Waals surface area contributed by atoms with E-state index >= 15 is 0 Å². The maximum atomic E-state index is 12.1. The molecule has 1 saturated carbocycles. The van der Waals surface area contributed by atoms with Crippen molar-refractivity contribution in [2.24, 2.45) is 0 Å². The van der Waals surface area contributed by atoms with Crippen LogP contribution in [0.4, 0.5) is 0 Å². The van der Waals surface area contributed by atoms with Crippen molar-refractivity contribution in [2.75, 3.05) is 46.8 Å². The molecule has 0 aromatic heterocycles. The van der Waals surface area contributed by atoms with Gasteiger partial charge in [0.25, 0.3) is 10.2 Å². The molecule has 0 radical (unpaired) electrons. The summed E-state index contributed by atoms with van der Waals surface area (Å²) in [5.41, 5.74) is 0. The van der Waals surface area contributed by atoms with Crippen molar-refractivity contribution >= 4 is 16.1 Å². The van der Waals surface area contributed by atoms with E-state index < -0.39 is 10.2 Å². The molecule has 0 aromatic rings. The van der Waals surface area contributed by atoms with Crippen LogP contribution < -0.4 is 5.32 Å². The lowest BCUT2D eigenvalue weighted by atomic mass is 9.95. The number of hydrogen-bond acceptors (Lipinski definition) is 4. The van der Waals surface area contributed by atoms with Crippen molar-refractivity contribution in [3.8, 4) is 0 Å². The predicted molar refractivity (Wildman–Crippen MR) is 85.6 cm³/mol. The Kier molecular flexibility index (Phi) is 6.19. The zero-order chi connectivity index (χ0) is 16.2. The van der Waals surface area contributed by atoms with Crippen molar-refractivity contribution in [1.29, 1.82) is 0 Å². The highest BCUT2D eigenvalue weighted by Crippen LogP contribution is 2.17. The third-order valence-electron chi connectivity index (χ3n) is 4.46. The lowest BCUT2D eigenvalue weighted by Crippen LogP contribution is -2.53. The van der Waals surface area contributed by atoms with Crippen LogP contribution in [0, 0.1) is 0 Å². The normalized spacial score (nSPS) is 22.9. The van der Waals surface area contributed by atoms with E-state index in [0.717, 1.165) is 12.8 Å². The predicted octanol–water partition coefficient (Wildman–Crippen LogP) is -0.141. The summed E-state index contributed by atoms with van der Waals surface area (Å²) in [5, 5.41) is 3.11. The molecule has 2 rings (SSSR count). The smallest absolute Gasteiger partial charge is 0.281 e. The highest BCUT2D eigenvalue weighted by atomic mass is 32.2. The molecular formula is C14H28N4O3S. The van der Waals surface area contributed by atoms with Gasteiger partial charge in [-0.25, -0.2) is 0 Å². The standard InChI is InChI=1S/C14H28N4O3S/c1-16(2)22(20,21)18-10-8-17(9-11-18)12-14(19)15-13-6-4-3-5-7-13/h13H,3-12H2,1-2H3,(H,15,19). The average Bonchev–Trinajstić information content (AvgIpc) is 2.48. The molecule has 1 aliphatic heterocycles. The quantitative estimate of drug-likeness (QED) is 0.760. The van der Waals surface area contributed by atoms with Crippen LogP contribution in [0.2, 0.25) is 0 Å². The van der Waals surface area contributed by atoms with Crippen molar-refractivity contribution in [1.82, 2.24) is 18.8 Å². The molecule has 8 heteroatoms. The van der Waals surface area contributed by atoms with E-state index in [1.165, 1.54) is 27.9 Å². The first-order valence-electron chi connectivity index (χ1n) is 8.09. The van der Waals surface area contributed by atoms with Gasteiger partial charge in [0, 0.05) is 46.3 Å². The molecule has 1 saturated heterocycles. The molecule has 22 heavy (non-hydrogen) atoms. The Hall–Kier alpha value is -0.700. The molecule has 2 fully saturated rings. The van der Waals surface area contributed by atoms with Gasteiger partial charge in [-0.3, -0.25) is 9.69 Å². The molecule has 0 aromatic carbocycles. The highest BCUT2D eigenvalue weighted by Gasteiger charge is 2.29. The van der Waals surface area contributed by atoms with Gasteiger partial charge in [-0.2, -0.15) is 17.0 Å². The van der Waals surface area contributed by atoms with E-state index in [4.69, 9.17) is 0 Å². The minimum Gasteiger partial charge on any atom is -0.352 e. The Morgan fingerprint density at radius 1 is 1.09 bits per heavy atom. The van der Waals surface area contributed by atoms with Crippen LogP contribution in [0.1, 0.15) is 32.1 Å². The number of amides is 1. The summed E-state index contributed by atoms with van der Waals surface area (Å²) in [6.07, 6.45) is 5.84. The average molecular weight is 332 g/mol. The molecule has 1 amide bonds. The molecule has 0 unspecified atom stereocenters. The summed E-state index contributed by atoms with van der Waals surface area (Å²) in [5.74, 6) is 0.0656. The largest absolute Gasteiger partial charge is 0.352 e. The maximum absolute atomic E-state index is 12.1. The van der Waals surface area contributed by atoms with Crippen molar-refractivity contribution < 1.29 is 13.2 Å². The number of piperazine rings is 1. The Labute approximate surface area is 133 Å². The lowest BCUT2D eigenvalue weighted by molar-refractivity contribution is -0.123. The third kappa shape index (κ3) is 4.65. The number of nitrogens with one attached hydrogen (secondary N) is 1. The van der Waals surface area contributed by atoms with Crippen molar-refractivity contribution in [2.45, 2.75) is 38.1 Å². The summed E-state index contributed by atoms with van der Waals surface area (Å²) < 4.78 is 26.8. The van der Waals surface area contributed by atoms with Crippen LogP contribution in [0.5, 0.6) is 0 Å². The number of rotatable bonds is 5. The van der Waals surface area contributed by atoms with Gasteiger partial charge < -0.3 is 5.32 Å².